The van der Waals surface area contributed by atoms with Crippen LogP contribution in [0.2, 0.25) is 0 Å². The largest absolute Gasteiger partial charge is 0.481 e. The molecule has 17 heavy (non-hydrogen) atoms. The number of hydrogen-bond donors (Lipinski definition) is 1. The molecule has 0 radical (unpaired) electrons. The molecule has 94 valence electrons. The van der Waals surface area contributed by atoms with Crippen molar-refractivity contribution in [3.63, 3.8) is 0 Å². The molecule has 0 aliphatic heterocycles. The van der Waals surface area contributed by atoms with Crippen LogP contribution < -0.4 is 0 Å². The van der Waals surface area contributed by atoms with Gasteiger partial charge in [-0.1, -0.05) is 0 Å². The Balaban J connectivity index is 1.90. The molecule has 0 bridgehead atoms. The Morgan fingerprint density at radius 3 is 2.94 bits per heavy atom. The van der Waals surface area contributed by atoms with Crippen molar-refractivity contribution >= 4 is 5.97 Å². The Hall–Kier alpha value is -1.36. The summed E-state index contributed by atoms with van der Waals surface area (Å²) in [4.78, 5) is 12.9. The molecule has 0 unspecified atom stereocenters. The zero-order valence-corrected chi connectivity index (χ0v) is 10.2. The molecular weight excluding hydrogens is 218 g/mol. The molecule has 0 aromatic carbocycles. The molecule has 0 atom stereocenters. The van der Waals surface area contributed by atoms with Gasteiger partial charge in [0, 0.05) is 37.4 Å². The van der Waals surface area contributed by atoms with Crippen LogP contribution in [0.4, 0.5) is 0 Å². The SMILES string of the molecule is CCn1cc(CN(CCC(=O)O)C2CC2)cn1. The lowest BCUT2D eigenvalue weighted by Gasteiger charge is -2.19. The Bertz CT molecular complexity index is 385. The van der Waals surface area contributed by atoms with Gasteiger partial charge in [0.05, 0.1) is 12.6 Å². The van der Waals surface area contributed by atoms with E-state index in [2.05, 4.69) is 16.9 Å². The molecule has 5 heteroatoms. The van der Waals surface area contributed by atoms with Crippen LogP contribution in [0.15, 0.2) is 12.4 Å². The molecule has 1 saturated carbocycles. The Morgan fingerprint density at radius 2 is 2.41 bits per heavy atom. The molecule has 0 amide bonds. The second-order valence-corrected chi connectivity index (χ2v) is 4.55. The quantitative estimate of drug-likeness (QED) is 0.777. The minimum Gasteiger partial charge on any atom is -0.481 e. The van der Waals surface area contributed by atoms with Crippen molar-refractivity contribution in [1.29, 1.82) is 0 Å². The average Bonchev–Trinajstić information content (AvgIpc) is 3.04. The summed E-state index contributed by atoms with van der Waals surface area (Å²) in [5.74, 6) is -0.722. The fraction of sp³-hybridized carbons (Fsp3) is 0.667. The van der Waals surface area contributed by atoms with Crippen molar-refractivity contribution in [3.8, 4) is 0 Å². The van der Waals surface area contributed by atoms with Crippen LogP contribution in [0, 0.1) is 0 Å². The van der Waals surface area contributed by atoms with Crippen LogP contribution in [0.3, 0.4) is 0 Å². The third-order valence-electron chi connectivity index (χ3n) is 3.07. The van der Waals surface area contributed by atoms with Crippen LogP contribution in [0.5, 0.6) is 0 Å². The summed E-state index contributed by atoms with van der Waals surface area (Å²) in [6.07, 6.45) is 6.53. The first-order chi connectivity index (χ1) is 8.19. The van der Waals surface area contributed by atoms with Crippen LogP contribution in [-0.2, 0) is 17.9 Å². The minimum absolute atomic E-state index is 0.221. The first-order valence-corrected chi connectivity index (χ1v) is 6.16. The topological polar surface area (TPSA) is 58.4 Å². The van der Waals surface area contributed by atoms with E-state index in [9.17, 15) is 4.79 Å². The smallest absolute Gasteiger partial charge is 0.304 e. The third-order valence-corrected chi connectivity index (χ3v) is 3.07. The van der Waals surface area contributed by atoms with E-state index in [-0.39, 0.29) is 6.42 Å². The predicted octanol–water partition coefficient (Wildman–Crippen LogP) is 1.34. The number of hydrogen-bond acceptors (Lipinski definition) is 3. The number of aryl methyl sites for hydroxylation is 1. The number of rotatable bonds is 7. The molecule has 1 aliphatic carbocycles. The molecular formula is C12H19N3O2. The van der Waals surface area contributed by atoms with Crippen molar-refractivity contribution in [1.82, 2.24) is 14.7 Å². The first kappa shape index (κ1) is 12.1. The van der Waals surface area contributed by atoms with E-state index in [0.29, 0.717) is 12.6 Å². The van der Waals surface area contributed by atoms with E-state index in [4.69, 9.17) is 5.11 Å². The highest BCUT2D eigenvalue weighted by Crippen LogP contribution is 2.28. The van der Waals surface area contributed by atoms with E-state index < -0.39 is 5.97 Å². The van der Waals surface area contributed by atoms with E-state index in [0.717, 1.165) is 13.1 Å². The maximum absolute atomic E-state index is 10.6. The maximum atomic E-state index is 10.6. The highest BCUT2D eigenvalue weighted by molar-refractivity contribution is 5.66. The van der Waals surface area contributed by atoms with Gasteiger partial charge in [-0.25, -0.2) is 0 Å². The monoisotopic (exact) mass is 237 g/mol. The standard InChI is InChI=1S/C12H19N3O2/c1-2-15-9-10(7-13-15)8-14(11-3-4-11)6-5-12(16)17/h7,9,11H,2-6,8H2,1H3,(H,16,17). The summed E-state index contributed by atoms with van der Waals surface area (Å²) in [7, 11) is 0. The predicted molar refractivity (Wildman–Crippen MR) is 63.6 cm³/mol. The summed E-state index contributed by atoms with van der Waals surface area (Å²) >= 11 is 0. The van der Waals surface area contributed by atoms with Crippen LogP contribution in [0.1, 0.15) is 31.7 Å². The summed E-state index contributed by atoms with van der Waals surface area (Å²) in [6.45, 7) is 4.38. The summed E-state index contributed by atoms with van der Waals surface area (Å²) < 4.78 is 1.90. The van der Waals surface area contributed by atoms with Crippen LogP contribution in [-0.4, -0.2) is 38.3 Å². The molecule has 1 N–H and O–H groups in total. The van der Waals surface area contributed by atoms with Gasteiger partial charge >= 0.3 is 5.97 Å². The number of carboxylic acids is 1. The lowest BCUT2D eigenvalue weighted by molar-refractivity contribution is -0.137. The number of aliphatic carboxylic acids is 1. The van der Waals surface area contributed by atoms with Gasteiger partial charge in [-0.15, -0.1) is 0 Å². The fourth-order valence-corrected chi connectivity index (χ4v) is 1.97. The van der Waals surface area contributed by atoms with Gasteiger partial charge in [-0.3, -0.25) is 14.4 Å². The minimum atomic E-state index is -0.722. The molecule has 1 aliphatic rings. The molecule has 0 saturated heterocycles. The van der Waals surface area contributed by atoms with E-state index in [1.807, 2.05) is 17.1 Å². The van der Waals surface area contributed by atoms with E-state index >= 15 is 0 Å². The van der Waals surface area contributed by atoms with Gasteiger partial charge in [0.15, 0.2) is 0 Å². The van der Waals surface area contributed by atoms with Crippen LogP contribution >= 0.6 is 0 Å². The summed E-state index contributed by atoms with van der Waals surface area (Å²) in [5, 5.41) is 13.0. The van der Waals surface area contributed by atoms with Crippen molar-refractivity contribution in [2.24, 2.45) is 0 Å². The number of aromatic nitrogens is 2. The number of carboxylic acid groups (broad SMARTS) is 1. The van der Waals surface area contributed by atoms with Gasteiger partial charge in [0.25, 0.3) is 0 Å². The molecule has 1 heterocycles. The summed E-state index contributed by atoms with van der Waals surface area (Å²) in [5.41, 5.74) is 1.17. The van der Waals surface area contributed by atoms with Gasteiger partial charge in [0.1, 0.15) is 0 Å². The average molecular weight is 237 g/mol. The zero-order chi connectivity index (χ0) is 12.3. The number of carbonyl (C=O) groups is 1. The second kappa shape index (κ2) is 5.31. The zero-order valence-electron chi connectivity index (χ0n) is 10.2. The van der Waals surface area contributed by atoms with E-state index in [1.54, 1.807) is 0 Å². The molecule has 1 fully saturated rings. The van der Waals surface area contributed by atoms with Crippen molar-refractivity contribution in [2.45, 2.75) is 45.3 Å². The highest BCUT2D eigenvalue weighted by Gasteiger charge is 2.29. The number of nitrogens with zero attached hydrogens (tertiary/aromatic N) is 3. The van der Waals surface area contributed by atoms with Crippen molar-refractivity contribution in [3.05, 3.63) is 18.0 Å². The first-order valence-electron chi connectivity index (χ1n) is 6.16. The normalized spacial score (nSPS) is 15.4. The lowest BCUT2D eigenvalue weighted by atomic mass is 10.3. The molecule has 0 spiro atoms. The van der Waals surface area contributed by atoms with Gasteiger partial charge in [-0.2, -0.15) is 5.10 Å². The van der Waals surface area contributed by atoms with Crippen molar-refractivity contribution < 1.29 is 9.90 Å². The maximum Gasteiger partial charge on any atom is 0.304 e. The Labute approximate surface area is 101 Å². The highest BCUT2D eigenvalue weighted by atomic mass is 16.4. The Morgan fingerprint density at radius 1 is 1.65 bits per heavy atom. The van der Waals surface area contributed by atoms with Gasteiger partial charge in [-0.05, 0) is 19.8 Å². The van der Waals surface area contributed by atoms with E-state index in [1.165, 1.54) is 18.4 Å². The summed E-state index contributed by atoms with van der Waals surface area (Å²) in [6, 6.07) is 0.583. The molecule has 1 aromatic rings. The molecule has 2 rings (SSSR count). The second-order valence-electron chi connectivity index (χ2n) is 4.55. The third kappa shape index (κ3) is 3.56. The van der Waals surface area contributed by atoms with Crippen molar-refractivity contribution in [2.75, 3.05) is 6.54 Å². The fourth-order valence-electron chi connectivity index (χ4n) is 1.97. The van der Waals surface area contributed by atoms with Gasteiger partial charge < -0.3 is 5.11 Å². The Kier molecular flexibility index (Phi) is 3.78. The lowest BCUT2D eigenvalue weighted by Crippen LogP contribution is -2.28. The molecule has 5 nitrogen and oxygen atoms in total. The van der Waals surface area contributed by atoms with Crippen LogP contribution in [0.25, 0.3) is 0 Å². The van der Waals surface area contributed by atoms with Gasteiger partial charge in [0.2, 0.25) is 0 Å². The molecule has 1 aromatic heterocycles.